The van der Waals surface area contributed by atoms with Gasteiger partial charge in [0.1, 0.15) is 6.04 Å². The molecule has 2 aliphatic rings. The lowest BCUT2D eigenvalue weighted by atomic mass is 10.2. The molecule has 0 spiro atoms. The number of nitrogens with zero attached hydrogens (tertiary/aromatic N) is 3. The maximum atomic E-state index is 12.3. The van der Waals surface area contributed by atoms with Gasteiger partial charge < -0.3 is 9.64 Å². The first kappa shape index (κ1) is 22.1. The minimum Gasteiger partial charge on any atom is -0.454 e. The summed E-state index contributed by atoms with van der Waals surface area (Å²) in [6, 6.07) is -0.878. The Morgan fingerprint density at radius 3 is 2.22 bits per heavy atom. The molecule has 10 nitrogen and oxygen atoms in total. The van der Waals surface area contributed by atoms with E-state index in [9.17, 15) is 26.4 Å². The first-order chi connectivity index (χ1) is 12.6. The Hall–Kier alpha value is -1.24. The fourth-order valence-corrected chi connectivity index (χ4v) is 5.84. The monoisotopic (exact) mass is 425 g/mol. The summed E-state index contributed by atoms with van der Waals surface area (Å²) >= 11 is 0. The lowest BCUT2D eigenvalue weighted by Crippen LogP contribution is -2.51. The van der Waals surface area contributed by atoms with Crippen molar-refractivity contribution in [2.75, 3.05) is 51.3 Å². The van der Waals surface area contributed by atoms with Gasteiger partial charge in [-0.15, -0.1) is 0 Å². The van der Waals surface area contributed by atoms with E-state index in [0.717, 1.165) is 6.26 Å². The van der Waals surface area contributed by atoms with Crippen LogP contribution in [0.2, 0.25) is 0 Å². The second-order valence-electron chi connectivity index (χ2n) is 6.74. The van der Waals surface area contributed by atoms with Gasteiger partial charge in [-0.3, -0.25) is 9.59 Å². The van der Waals surface area contributed by atoms with Gasteiger partial charge in [-0.25, -0.2) is 16.8 Å². The predicted molar refractivity (Wildman–Crippen MR) is 97.8 cm³/mol. The molecule has 0 N–H and O–H groups in total. The molecule has 2 rings (SSSR count). The third-order valence-corrected chi connectivity index (χ3v) is 8.07. The summed E-state index contributed by atoms with van der Waals surface area (Å²) in [5.74, 6) is -1.16. The maximum absolute atomic E-state index is 12.3. The topological polar surface area (TPSA) is 121 Å². The zero-order valence-electron chi connectivity index (χ0n) is 15.7. The highest BCUT2D eigenvalue weighted by Gasteiger charge is 2.39. The van der Waals surface area contributed by atoms with Crippen molar-refractivity contribution in [2.24, 2.45) is 0 Å². The summed E-state index contributed by atoms with van der Waals surface area (Å²) in [5, 5.41) is 0. The summed E-state index contributed by atoms with van der Waals surface area (Å²) in [5.41, 5.74) is 0. The second kappa shape index (κ2) is 8.84. The third-order valence-electron chi connectivity index (χ3n) is 4.69. The molecule has 2 aliphatic heterocycles. The van der Waals surface area contributed by atoms with Crippen molar-refractivity contribution < 1.29 is 31.2 Å². The van der Waals surface area contributed by atoms with Gasteiger partial charge in [-0.1, -0.05) is 6.92 Å². The van der Waals surface area contributed by atoms with Crippen LogP contribution in [0.3, 0.4) is 0 Å². The van der Waals surface area contributed by atoms with Crippen LogP contribution in [-0.2, 0) is 34.4 Å². The number of amides is 1. The molecule has 0 bridgehead atoms. The predicted octanol–water partition coefficient (Wildman–Crippen LogP) is -1.16. The normalized spacial score (nSPS) is 22.7. The van der Waals surface area contributed by atoms with Crippen LogP contribution in [0, 0.1) is 0 Å². The van der Waals surface area contributed by atoms with Crippen LogP contribution in [0.4, 0.5) is 0 Å². The standard InChI is InChI=1S/C15H27N3O7S2/c1-3-11-27(23,24)18-6-4-5-13(18)15(20)25-12-14(19)16-7-9-17(10-8-16)26(2,21)22/h13H,3-12H2,1-2H3. The first-order valence-electron chi connectivity index (χ1n) is 8.95. The van der Waals surface area contributed by atoms with E-state index in [1.165, 1.54) is 13.5 Å². The quantitative estimate of drug-likeness (QED) is 0.472. The smallest absolute Gasteiger partial charge is 0.324 e. The van der Waals surface area contributed by atoms with E-state index in [0.29, 0.717) is 19.3 Å². The number of carbonyl (C=O) groups excluding carboxylic acids is 2. The molecule has 0 radical (unpaired) electrons. The minimum absolute atomic E-state index is 0.0275. The molecular weight excluding hydrogens is 398 g/mol. The van der Waals surface area contributed by atoms with E-state index in [4.69, 9.17) is 4.74 Å². The van der Waals surface area contributed by atoms with Gasteiger partial charge in [0.05, 0.1) is 12.0 Å². The number of piperazine rings is 1. The van der Waals surface area contributed by atoms with Crippen LogP contribution < -0.4 is 0 Å². The van der Waals surface area contributed by atoms with Gasteiger partial charge >= 0.3 is 5.97 Å². The van der Waals surface area contributed by atoms with Gasteiger partial charge in [-0.2, -0.15) is 8.61 Å². The Morgan fingerprint density at radius 1 is 1.04 bits per heavy atom. The number of carbonyl (C=O) groups is 2. The van der Waals surface area contributed by atoms with Crippen LogP contribution >= 0.6 is 0 Å². The highest BCUT2D eigenvalue weighted by atomic mass is 32.2. The highest BCUT2D eigenvalue weighted by molar-refractivity contribution is 7.89. The minimum atomic E-state index is -3.51. The molecule has 2 heterocycles. The average Bonchev–Trinajstić information content (AvgIpc) is 3.09. The van der Waals surface area contributed by atoms with Gasteiger partial charge in [0.2, 0.25) is 20.0 Å². The Morgan fingerprint density at radius 2 is 1.67 bits per heavy atom. The summed E-state index contributed by atoms with van der Waals surface area (Å²) in [6.07, 6.45) is 2.53. The van der Waals surface area contributed by atoms with Crippen molar-refractivity contribution in [3.05, 3.63) is 0 Å². The molecule has 0 saturated carbocycles. The van der Waals surface area contributed by atoms with Gasteiger partial charge in [0.25, 0.3) is 5.91 Å². The molecule has 1 atom stereocenters. The molecule has 156 valence electrons. The fourth-order valence-electron chi connectivity index (χ4n) is 3.27. The summed E-state index contributed by atoms with van der Waals surface area (Å²) in [6.45, 7) is 2.41. The van der Waals surface area contributed by atoms with E-state index >= 15 is 0 Å². The third kappa shape index (κ3) is 5.62. The summed E-state index contributed by atoms with van der Waals surface area (Å²) in [4.78, 5) is 25.9. The maximum Gasteiger partial charge on any atom is 0.324 e. The van der Waals surface area contributed by atoms with E-state index in [1.807, 2.05) is 0 Å². The van der Waals surface area contributed by atoms with Crippen LogP contribution in [0.1, 0.15) is 26.2 Å². The first-order valence-corrected chi connectivity index (χ1v) is 12.4. The van der Waals surface area contributed by atoms with Gasteiger partial charge in [0.15, 0.2) is 6.61 Å². The second-order valence-corrected chi connectivity index (χ2v) is 10.8. The van der Waals surface area contributed by atoms with Gasteiger partial charge in [0, 0.05) is 32.7 Å². The molecule has 0 aromatic carbocycles. The Bertz CT molecular complexity index is 758. The largest absolute Gasteiger partial charge is 0.454 e. The highest BCUT2D eigenvalue weighted by Crippen LogP contribution is 2.23. The Kier molecular flexibility index (Phi) is 7.22. The lowest BCUT2D eigenvalue weighted by molar-refractivity contribution is -0.155. The zero-order valence-corrected chi connectivity index (χ0v) is 17.3. The number of hydrogen-bond donors (Lipinski definition) is 0. The number of sulfonamides is 2. The summed E-state index contributed by atoms with van der Waals surface area (Å²) < 4.78 is 55.0. The molecule has 0 aromatic heterocycles. The molecule has 0 aliphatic carbocycles. The summed E-state index contributed by atoms with van der Waals surface area (Å²) in [7, 11) is -6.80. The van der Waals surface area contributed by atoms with E-state index in [2.05, 4.69) is 0 Å². The lowest BCUT2D eigenvalue weighted by Gasteiger charge is -2.33. The van der Waals surface area contributed by atoms with Crippen molar-refractivity contribution in [1.82, 2.24) is 13.5 Å². The van der Waals surface area contributed by atoms with E-state index in [1.54, 1.807) is 6.92 Å². The van der Waals surface area contributed by atoms with Crippen LogP contribution in [-0.4, -0.2) is 99.6 Å². The number of rotatable bonds is 7. The molecular formula is C15H27N3O7S2. The molecule has 0 aromatic rings. The average molecular weight is 426 g/mol. The van der Waals surface area contributed by atoms with Crippen LogP contribution in [0.15, 0.2) is 0 Å². The SMILES string of the molecule is CCCS(=O)(=O)N1CCCC1C(=O)OCC(=O)N1CCN(S(C)(=O)=O)CC1. The molecule has 2 fully saturated rings. The molecule has 1 unspecified atom stereocenters. The van der Waals surface area contributed by atoms with Crippen molar-refractivity contribution in [3.8, 4) is 0 Å². The van der Waals surface area contributed by atoms with Crippen molar-refractivity contribution in [2.45, 2.75) is 32.2 Å². The number of esters is 1. The fraction of sp³-hybridized carbons (Fsp3) is 0.867. The molecule has 1 amide bonds. The van der Waals surface area contributed by atoms with Crippen LogP contribution in [0.5, 0.6) is 0 Å². The molecule has 12 heteroatoms. The van der Waals surface area contributed by atoms with E-state index in [-0.39, 0.29) is 38.5 Å². The molecule has 27 heavy (non-hydrogen) atoms. The number of hydrogen-bond acceptors (Lipinski definition) is 7. The van der Waals surface area contributed by atoms with E-state index < -0.39 is 44.6 Å². The Labute approximate surface area is 160 Å². The number of ether oxygens (including phenoxy) is 1. The van der Waals surface area contributed by atoms with Gasteiger partial charge in [-0.05, 0) is 19.3 Å². The zero-order chi connectivity index (χ0) is 20.2. The van der Waals surface area contributed by atoms with Crippen molar-refractivity contribution in [1.29, 1.82) is 0 Å². The Balaban J connectivity index is 1.85. The van der Waals surface area contributed by atoms with Crippen LogP contribution in [0.25, 0.3) is 0 Å². The van der Waals surface area contributed by atoms with Crippen molar-refractivity contribution in [3.63, 3.8) is 0 Å². The van der Waals surface area contributed by atoms with Crippen molar-refractivity contribution >= 4 is 31.9 Å². The molecule has 2 saturated heterocycles.